The Morgan fingerprint density at radius 3 is 2.42 bits per heavy atom. The van der Waals surface area contributed by atoms with E-state index in [1.165, 1.54) is 0 Å². The molecule has 102 valence electrons. The van der Waals surface area contributed by atoms with Gasteiger partial charge in [-0.3, -0.25) is 0 Å². The molecule has 0 saturated heterocycles. The summed E-state index contributed by atoms with van der Waals surface area (Å²) in [6, 6.07) is 7.62. The van der Waals surface area contributed by atoms with Crippen LogP contribution < -0.4 is 5.32 Å². The lowest BCUT2D eigenvalue weighted by Gasteiger charge is -2.35. The SMILES string of the molecule is CN(C(=O)N[C@H](C(=O)O)c1ccccc1)C1CCC1. The van der Waals surface area contributed by atoms with Gasteiger partial charge in [0.25, 0.3) is 0 Å². The average molecular weight is 262 g/mol. The lowest BCUT2D eigenvalue weighted by molar-refractivity contribution is -0.139. The Kier molecular flexibility index (Phi) is 4.04. The second kappa shape index (κ2) is 5.73. The van der Waals surface area contributed by atoms with Crippen molar-refractivity contribution in [3.63, 3.8) is 0 Å². The van der Waals surface area contributed by atoms with Crippen molar-refractivity contribution < 1.29 is 14.7 Å². The number of benzene rings is 1. The number of carbonyl (C=O) groups is 2. The fourth-order valence-electron chi connectivity index (χ4n) is 2.10. The minimum absolute atomic E-state index is 0.241. The Balaban J connectivity index is 2.04. The summed E-state index contributed by atoms with van der Waals surface area (Å²) in [6.07, 6.45) is 3.11. The Morgan fingerprint density at radius 2 is 1.95 bits per heavy atom. The molecule has 0 aliphatic heterocycles. The molecule has 1 atom stereocenters. The van der Waals surface area contributed by atoms with Crippen LogP contribution in [-0.2, 0) is 4.79 Å². The van der Waals surface area contributed by atoms with Crippen LogP contribution in [0.15, 0.2) is 30.3 Å². The number of amides is 2. The van der Waals surface area contributed by atoms with E-state index in [4.69, 9.17) is 0 Å². The van der Waals surface area contributed by atoms with Gasteiger partial charge in [0.15, 0.2) is 6.04 Å². The zero-order chi connectivity index (χ0) is 13.8. The third-order valence-corrected chi connectivity index (χ3v) is 3.59. The number of carboxylic acid groups (broad SMARTS) is 1. The Bertz CT molecular complexity index is 457. The number of nitrogens with one attached hydrogen (secondary N) is 1. The van der Waals surface area contributed by atoms with E-state index in [9.17, 15) is 14.7 Å². The molecule has 1 aliphatic rings. The average Bonchev–Trinajstić information content (AvgIpc) is 2.34. The van der Waals surface area contributed by atoms with Crippen molar-refractivity contribution in [3.8, 4) is 0 Å². The number of rotatable bonds is 4. The molecule has 2 amide bonds. The van der Waals surface area contributed by atoms with Crippen LogP contribution in [0.25, 0.3) is 0 Å². The van der Waals surface area contributed by atoms with Crippen LogP contribution in [0.3, 0.4) is 0 Å². The second-order valence-electron chi connectivity index (χ2n) is 4.83. The van der Waals surface area contributed by atoms with E-state index in [-0.39, 0.29) is 12.1 Å². The van der Waals surface area contributed by atoms with E-state index in [2.05, 4.69) is 5.32 Å². The van der Waals surface area contributed by atoms with E-state index in [1.807, 2.05) is 6.07 Å². The molecule has 0 radical (unpaired) electrons. The van der Waals surface area contributed by atoms with Gasteiger partial charge in [0.2, 0.25) is 0 Å². The van der Waals surface area contributed by atoms with Crippen molar-refractivity contribution in [1.82, 2.24) is 10.2 Å². The highest BCUT2D eigenvalue weighted by Crippen LogP contribution is 2.24. The van der Waals surface area contributed by atoms with E-state index >= 15 is 0 Å². The molecule has 1 aromatic carbocycles. The van der Waals surface area contributed by atoms with Crippen LogP contribution >= 0.6 is 0 Å². The predicted octanol–water partition coefficient (Wildman–Crippen LogP) is 2.01. The number of carboxylic acids is 1. The van der Waals surface area contributed by atoms with Gasteiger partial charge in [0.05, 0.1) is 0 Å². The van der Waals surface area contributed by atoms with Gasteiger partial charge in [-0.05, 0) is 24.8 Å². The van der Waals surface area contributed by atoms with Crippen molar-refractivity contribution in [2.24, 2.45) is 0 Å². The lowest BCUT2D eigenvalue weighted by atomic mass is 9.92. The van der Waals surface area contributed by atoms with Crippen molar-refractivity contribution in [2.45, 2.75) is 31.3 Å². The highest BCUT2D eigenvalue weighted by molar-refractivity contribution is 5.83. The van der Waals surface area contributed by atoms with Crippen molar-refractivity contribution >= 4 is 12.0 Å². The summed E-state index contributed by atoms with van der Waals surface area (Å²) in [5.74, 6) is -1.05. The molecule has 0 aromatic heterocycles. The maximum atomic E-state index is 12.0. The molecule has 0 bridgehead atoms. The van der Waals surface area contributed by atoms with E-state index in [0.717, 1.165) is 19.3 Å². The lowest BCUT2D eigenvalue weighted by Crippen LogP contribution is -2.48. The van der Waals surface area contributed by atoms with E-state index in [0.29, 0.717) is 5.56 Å². The first-order valence-electron chi connectivity index (χ1n) is 6.40. The quantitative estimate of drug-likeness (QED) is 0.872. The zero-order valence-electron chi connectivity index (χ0n) is 10.9. The van der Waals surface area contributed by atoms with Gasteiger partial charge in [-0.15, -0.1) is 0 Å². The largest absolute Gasteiger partial charge is 0.479 e. The molecule has 1 fully saturated rings. The summed E-state index contributed by atoms with van der Waals surface area (Å²) >= 11 is 0. The number of nitrogens with zero attached hydrogens (tertiary/aromatic N) is 1. The monoisotopic (exact) mass is 262 g/mol. The third kappa shape index (κ3) is 3.05. The summed E-state index contributed by atoms with van der Waals surface area (Å²) in [4.78, 5) is 24.9. The van der Waals surface area contributed by atoms with Crippen LogP contribution in [0, 0.1) is 0 Å². The molecule has 5 heteroatoms. The highest BCUT2D eigenvalue weighted by atomic mass is 16.4. The predicted molar refractivity (Wildman–Crippen MR) is 70.8 cm³/mol. The van der Waals surface area contributed by atoms with Gasteiger partial charge in [0.1, 0.15) is 0 Å². The smallest absolute Gasteiger partial charge is 0.330 e. The molecule has 1 saturated carbocycles. The minimum Gasteiger partial charge on any atom is -0.479 e. The summed E-state index contributed by atoms with van der Waals surface area (Å²) in [5, 5.41) is 11.8. The van der Waals surface area contributed by atoms with Gasteiger partial charge in [-0.2, -0.15) is 0 Å². The van der Waals surface area contributed by atoms with Crippen molar-refractivity contribution in [3.05, 3.63) is 35.9 Å². The van der Waals surface area contributed by atoms with Crippen LogP contribution in [-0.4, -0.2) is 35.1 Å². The normalized spacial score (nSPS) is 16.3. The second-order valence-corrected chi connectivity index (χ2v) is 4.83. The molecule has 19 heavy (non-hydrogen) atoms. The van der Waals surface area contributed by atoms with E-state index in [1.54, 1.807) is 36.2 Å². The Hall–Kier alpha value is -2.04. The van der Waals surface area contributed by atoms with Crippen LogP contribution in [0.4, 0.5) is 4.79 Å². The number of urea groups is 1. The zero-order valence-corrected chi connectivity index (χ0v) is 10.9. The van der Waals surface area contributed by atoms with Crippen LogP contribution in [0.5, 0.6) is 0 Å². The third-order valence-electron chi connectivity index (χ3n) is 3.59. The number of carbonyl (C=O) groups excluding carboxylic acids is 1. The summed E-state index contributed by atoms with van der Waals surface area (Å²) in [7, 11) is 1.71. The van der Waals surface area contributed by atoms with Gasteiger partial charge >= 0.3 is 12.0 Å². The van der Waals surface area contributed by atoms with Crippen LogP contribution in [0.1, 0.15) is 30.9 Å². The molecule has 0 spiro atoms. The topological polar surface area (TPSA) is 69.6 Å². The first-order valence-corrected chi connectivity index (χ1v) is 6.40. The maximum absolute atomic E-state index is 12.0. The molecule has 5 nitrogen and oxygen atoms in total. The number of hydrogen-bond acceptors (Lipinski definition) is 2. The van der Waals surface area contributed by atoms with Gasteiger partial charge < -0.3 is 15.3 Å². The molecule has 1 aliphatic carbocycles. The fourth-order valence-corrected chi connectivity index (χ4v) is 2.10. The summed E-state index contributed by atoms with van der Waals surface area (Å²) in [5.41, 5.74) is 0.574. The molecular weight excluding hydrogens is 244 g/mol. The molecule has 2 rings (SSSR count). The van der Waals surface area contributed by atoms with Crippen LogP contribution in [0.2, 0.25) is 0 Å². The number of aliphatic carboxylic acids is 1. The summed E-state index contributed by atoms with van der Waals surface area (Å²) < 4.78 is 0. The van der Waals surface area contributed by atoms with Gasteiger partial charge in [0, 0.05) is 13.1 Å². The molecule has 0 unspecified atom stereocenters. The van der Waals surface area contributed by atoms with Gasteiger partial charge in [-0.25, -0.2) is 9.59 Å². The standard InChI is InChI=1S/C14H18N2O3/c1-16(11-8-5-9-11)14(19)15-12(13(17)18)10-6-3-2-4-7-10/h2-4,6-7,11-12H,5,8-9H2,1H3,(H,15,19)(H,17,18)/t12-/m0/s1. The van der Waals surface area contributed by atoms with E-state index < -0.39 is 12.0 Å². The fraction of sp³-hybridized carbons (Fsp3) is 0.429. The first-order chi connectivity index (χ1) is 9.09. The number of hydrogen-bond donors (Lipinski definition) is 2. The minimum atomic E-state index is -1.05. The molecule has 0 heterocycles. The molecular formula is C14H18N2O3. The van der Waals surface area contributed by atoms with Gasteiger partial charge in [-0.1, -0.05) is 30.3 Å². The highest BCUT2D eigenvalue weighted by Gasteiger charge is 2.29. The van der Waals surface area contributed by atoms with Crippen molar-refractivity contribution in [2.75, 3.05) is 7.05 Å². The Morgan fingerprint density at radius 1 is 1.32 bits per heavy atom. The molecule has 1 aromatic rings. The Labute approximate surface area is 112 Å². The maximum Gasteiger partial charge on any atom is 0.330 e. The first kappa shape index (κ1) is 13.4. The summed E-state index contributed by atoms with van der Waals surface area (Å²) in [6.45, 7) is 0. The van der Waals surface area contributed by atoms with Crippen molar-refractivity contribution in [1.29, 1.82) is 0 Å². The molecule has 2 N–H and O–H groups in total.